The van der Waals surface area contributed by atoms with Crippen LogP contribution in [0, 0.1) is 0 Å². The second-order valence-electron chi connectivity index (χ2n) is 3.00. The molecule has 0 aliphatic carbocycles. The number of aromatic nitrogens is 1. The summed E-state index contributed by atoms with van der Waals surface area (Å²) in [7, 11) is 0. The maximum Gasteiger partial charge on any atom is 0.151 e. The normalized spacial score (nSPS) is 10.2. The van der Waals surface area contributed by atoms with Gasteiger partial charge in [0.05, 0.1) is 12.2 Å². The zero-order valence-corrected chi connectivity index (χ0v) is 9.48. The Morgan fingerprint density at radius 1 is 1.40 bits per heavy atom. The van der Waals surface area contributed by atoms with Crippen LogP contribution in [0.5, 0.6) is 0 Å². The predicted octanol–water partition coefficient (Wildman–Crippen LogP) is 2.99. The molecule has 0 saturated heterocycles. The Hall–Kier alpha value is -1.26. The lowest BCUT2D eigenvalue weighted by Gasteiger charge is -2.06. The summed E-state index contributed by atoms with van der Waals surface area (Å²) in [4.78, 5) is 5.34. The van der Waals surface area contributed by atoms with E-state index in [0.717, 1.165) is 6.54 Å². The summed E-state index contributed by atoms with van der Waals surface area (Å²) in [5.74, 6) is 0.635. The Morgan fingerprint density at radius 3 is 3.00 bits per heavy atom. The molecule has 5 heteroatoms. The first-order valence-corrected chi connectivity index (χ1v) is 5.70. The molecule has 0 atom stereocenters. The summed E-state index contributed by atoms with van der Waals surface area (Å²) in [6.45, 7) is 0.717. The maximum atomic E-state index is 5.77. The van der Waals surface area contributed by atoms with E-state index in [2.05, 4.69) is 16.4 Å². The van der Waals surface area contributed by atoms with E-state index in [1.165, 1.54) is 4.88 Å². The summed E-state index contributed by atoms with van der Waals surface area (Å²) in [6, 6.07) is 7.48. The predicted molar refractivity (Wildman–Crippen MR) is 65.3 cm³/mol. The monoisotopic (exact) mass is 239 g/mol. The summed E-state index contributed by atoms with van der Waals surface area (Å²) in [5.41, 5.74) is 6.36. The van der Waals surface area contributed by atoms with Crippen LogP contribution in [0.25, 0.3) is 0 Å². The van der Waals surface area contributed by atoms with E-state index in [1.807, 2.05) is 11.4 Å². The van der Waals surface area contributed by atoms with Crippen molar-refractivity contribution in [3.63, 3.8) is 0 Å². The van der Waals surface area contributed by atoms with Crippen LogP contribution < -0.4 is 11.1 Å². The number of halogens is 1. The molecule has 0 spiro atoms. The largest absolute Gasteiger partial charge is 0.396 e. The Labute approximate surface area is 96.9 Å². The third-order valence-electron chi connectivity index (χ3n) is 1.90. The number of hydrogen-bond acceptors (Lipinski definition) is 4. The Kier molecular flexibility index (Phi) is 3.08. The van der Waals surface area contributed by atoms with Crippen LogP contribution in [0.3, 0.4) is 0 Å². The van der Waals surface area contributed by atoms with Crippen LogP contribution in [-0.4, -0.2) is 4.98 Å². The lowest BCUT2D eigenvalue weighted by Crippen LogP contribution is -2.03. The zero-order chi connectivity index (χ0) is 10.7. The first-order chi connectivity index (χ1) is 7.25. The molecular weight excluding hydrogens is 230 g/mol. The summed E-state index contributed by atoms with van der Waals surface area (Å²) < 4.78 is 0. The van der Waals surface area contributed by atoms with Crippen LogP contribution in [0.1, 0.15) is 4.88 Å². The number of nitrogens with one attached hydrogen (secondary N) is 1. The highest BCUT2D eigenvalue weighted by Gasteiger charge is 2.01. The number of thiophene rings is 1. The Morgan fingerprint density at radius 2 is 2.27 bits per heavy atom. The van der Waals surface area contributed by atoms with Gasteiger partial charge in [-0.25, -0.2) is 4.98 Å². The molecule has 0 amide bonds. The third-order valence-corrected chi connectivity index (χ3v) is 2.99. The van der Waals surface area contributed by atoms with Gasteiger partial charge in [0.2, 0.25) is 0 Å². The molecule has 0 fully saturated rings. The summed E-state index contributed by atoms with van der Waals surface area (Å²) in [5, 5.41) is 5.62. The number of anilines is 2. The van der Waals surface area contributed by atoms with Gasteiger partial charge in [0.15, 0.2) is 5.82 Å². The van der Waals surface area contributed by atoms with Gasteiger partial charge in [-0.3, -0.25) is 0 Å². The SMILES string of the molecule is Nc1ccc(Cl)nc1NCc1cccs1. The van der Waals surface area contributed by atoms with E-state index in [-0.39, 0.29) is 0 Å². The van der Waals surface area contributed by atoms with E-state index in [9.17, 15) is 0 Å². The number of nitrogen functional groups attached to an aromatic ring is 1. The first-order valence-electron chi connectivity index (χ1n) is 4.44. The molecule has 2 heterocycles. The van der Waals surface area contributed by atoms with Crippen molar-refractivity contribution in [3.05, 3.63) is 39.7 Å². The van der Waals surface area contributed by atoms with Gasteiger partial charge in [0.1, 0.15) is 5.15 Å². The quantitative estimate of drug-likeness (QED) is 0.810. The number of rotatable bonds is 3. The smallest absolute Gasteiger partial charge is 0.151 e. The fourth-order valence-electron chi connectivity index (χ4n) is 1.17. The molecule has 0 aromatic carbocycles. The Bertz CT molecular complexity index is 442. The van der Waals surface area contributed by atoms with Gasteiger partial charge in [-0.05, 0) is 23.6 Å². The molecule has 0 radical (unpaired) electrons. The molecular formula is C10H10ClN3S. The van der Waals surface area contributed by atoms with Crippen molar-refractivity contribution < 1.29 is 0 Å². The van der Waals surface area contributed by atoms with Crippen LogP contribution in [0.4, 0.5) is 11.5 Å². The lowest BCUT2D eigenvalue weighted by molar-refractivity contribution is 1.14. The topological polar surface area (TPSA) is 50.9 Å². The molecule has 15 heavy (non-hydrogen) atoms. The standard InChI is InChI=1S/C10H10ClN3S/c11-9-4-3-8(12)10(14-9)13-6-7-2-1-5-15-7/h1-5H,6,12H2,(H,13,14). The minimum absolute atomic E-state index is 0.442. The molecule has 3 nitrogen and oxygen atoms in total. The zero-order valence-electron chi connectivity index (χ0n) is 7.90. The minimum Gasteiger partial charge on any atom is -0.396 e. The molecule has 2 rings (SSSR count). The van der Waals surface area contributed by atoms with Gasteiger partial charge in [0, 0.05) is 4.88 Å². The Balaban J connectivity index is 2.07. The maximum absolute atomic E-state index is 5.77. The van der Waals surface area contributed by atoms with Crippen molar-refractivity contribution in [2.24, 2.45) is 0 Å². The number of nitrogens with two attached hydrogens (primary N) is 1. The lowest BCUT2D eigenvalue weighted by atomic mass is 10.4. The van der Waals surface area contributed by atoms with Crippen LogP contribution in [0.15, 0.2) is 29.6 Å². The van der Waals surface area contributed by atoms with E-state index >= 15 is 0 Å². The van der Waals surface area contributed by atoms with Crippen molar-refractivity contribution in [1.82, 2.24) is 4.98 Å². The van der Waals surface area contributed by atoms with E-state index in [0.29, 0.717) is 16.7 Å². The van der Waals surface area contributed by atoms with Crippen LogP contribution in [-0.2, 0) is 6.54 Å². The average molecular weight is 240 g/mol. The first kappa shape index (κ1) is 10.3. The number of hydrogen-bond donors (Lipinski definition) is 2. The highest BCUT2D eigenvalue weighted by atomic mass is 35.5. The molecule has 0 bridgehead atoms. The van der Waals surface area contributed by atoms with Crippen molar-refractivity contribution in [1.29, 1.82) is 0 Å². The molecule has 0 unspecified atom stereocenters. The second kappa shape index (κ2) is 4.51. The van der Waals surface area contributed by atoms with Crippen molar-refractivity contribution in [3.8, 4) is 0 Å². The molecule has 3 N–H and O–H groups in total. The second-order valence-corrected chi connectivity index (χ2v) is 4.42. The third kappa shape index (κ3) is 2.61. The molecule has 0 saturated carbocycles. The van der Waals surface area contributed by atoms with Crippen molar-refractivity contribution in [2.75, 3.05) is 11.1 Å². The van der Waals surface area contributed by atoms with Gasteiger partial charge in [-0.2, -0.15) is 0 Å². The van der Waals surface area contributed by atoms with Gasteiger partial charge in [-0.1, -0.05) is 17.7 Å². The number of nitrogens with zero attached hydrogens (tertiary/aromatic N) is 1. The fourth-order valence-corrected chi connectivity index (χ4v) is 1.96. The van der Waals surface area contributed by atoms with Gasteiger partial charge >= 0.3 is 0 Å². The van der Waals surface area contributed by atoms with Crippen molar-refractivity contribution >= 4 is 34.4 Å². The van der Waals surface area contributed by atoms with E-state index < -0.39 is 0 Å². The molecule has 78 valence electrons. The van der Waals surface area contributed by atoms with E-state index in [4.69, 9.17) is 17.3 Å². The highest BCUT2D eigenvalue weighted by molar-refractivity contribution is 7.09. The minimum atomic E-state index is 0.442. The average Bonchev–Trinajstić information content (AvgIpc) is 2.72. The highest BCUT2D eigenvalue weighted by Crippen LogP contribution is 2.19. The molecule has 2 aromatic heterocycles. The van der Waals surface area contributed by atoms with Gasteiger partial charge in [0.25, 0.3) is 0 Å². The molecule has 2 aromatic rings. The van der Waals surface area contributed by atoms with Crippen LogP contribution in [0.2, 0.25) is 5.15 Å². The summed E-state index contributed by atoms with van der Waals surface area (Å²) >= 11 is 7.46. The summed E-state index contributed by atoms with van der Waals surface area (Å²) in [6.07, 6.45) is 0. The van der Waals surface area contributed by atoms with Gasteiger partial charge < -0.3 is 11.1 Å². The van der Waals surface area contributed by atoms with Crippen LogP contribution >= 0.6 is 22.9 Å². The molecule has 0 aliphatic heterocycles. The van der Waals surface area contributed by atoms with E-state index in [1.54, 1.807) is 23.5 Å². The number of pyridine rings is 1. The van der Waals surface area contributed by atoms with Gasteiger partial charge in [-0.15, -0.1) is 11.3 Å². The van der Waals surface area contributed by atoms with Crippen molar-refractivity contribution in [2.45, 2.75) is 6.54 Å². The molecule has 0 aliphatic rings. The fraction of sp³-hybridized carbons (Fsp3) is 0.100.